The third-order valence-corrected chi connectivity index (χ3v) is 10.4. The van der Waals surface area contributed by atoms with Crippen molar-refractivity contribution in [1.82, 2.24) is 0 Å². The standard InChI is InChI=1S/C42H84O4S.Na/c1-3-5-7-9-11-13-15-17-19-21-22-23-24-26-28-30-32-34-36-38-40-42(41-46-47(43,44)45)39-37-35-33-31-29-27-25-20-18-16-14-12-10-8-6-4-2;/h38,40,42H,3-37,39,41H2,1-2H3,(H,43,44,45);/q;+1/p-1/b40-38+;. The summed E-state index contributed by atoms with van der Waals surface area (Å²) in [5.74, 6) is 0.0147. The Labute approximate surface area is 324 Å². The van der Waals surface area contributed by atoms with Crippen LogP contribution in [0.15, 0.2) is 12.2 Å². The van der Waals surface area contributed by atoms with Gasteiger partial charge in [0.15, 0.2) is 0 Å². The summed E-state index contributed by atoms with van der Waals surface area (Å²) in [4.78, 5) is 0. The van der Waals surface area contributed by atoms with Crippen LogP contribution in [0.1, 0.15) is 245 Å². The summed E-state index contributed by atoms with van der Waals surface area (Å²) in [7, 11) is -4.63. The Kier molecular flexibility index (Phi) is 44.4. The zero-order valence-corrected chi connectivity index (χ0v) is 35.8. The molecule has 0 aromatic heterocycles. The molecule has 0 fully saturated rings. The molecule has 1 unspecified atom stereocenters. The monoisotopic (exact) mass is 707 g/mol. The normalized spacial score (nSPS) is 12.6. The average molecular weight is 707 g/mol. The molecule has 48 heavy (non-hydrogen) atoms. The van der Waals surface area contributed by atoms with Gasteiger partial charge >= 0.3 is 29.6 Å². The molecular formula is C42H83NaO4S. The van der Waals surface area contributed by atoms with Gasteiger partial charge in [-0.3, -0.25) is 4.18 Å². The molecule has 0 aliphatic heterocycles. The second-order valence-electron chi connectivity index (χ2n) is 14.8. The first-order valence-electron chi connectivity index (χ1n) is 21.3. The van der Waals surface area contributed by atoms with Crippen molar-refractivity contribution < 1.29 is 46.7 Å². The SMILES string of the molecule is CCCCCCCCCCCCCCCCCCCC/C=C/C(CCCCCCCCCCCCCCCCCC)COS(=O)(=O)[O-].[Na+]. The molecule has 0 aliphatic carbocycles. The van der Waals surface area contributed by atoms with Gasteiger partial charge in [-0.2, -0.15) is 0 Å². The van der Waals surface area contributed by atoms with Crippen molar-refractivity contribution in [2.24, 2.45) is 5.92 Å². The van der Waals surface area contributed by atoms with E-state index in [1.54, 1.807) is 0 Å². The van der Waals surface area contributed by atoms with Crippen LogP contribution in [0.5, 0.6) is 0 Å². The topological polar surface area (TPSA) is 66.4 Å². The van der Waals surface area contributed by atoms with E-state index in [1.807, 2.05) is 0 Å². The number of allylic oxidation sites excluding steroid dienone is 1. The molecule has 0 bridgehead atoms. The van der Waals surface area contributed by atoms with E-state index in [0.29, 0.717) is 0 Å². The Morgan fingerprint density at radius 3 is 1.02 bits per heavy atom. The molecule has 0 radical (unpaired) electrons. The van der Waals surface area contributed by atoms with Crippen LogP contribution in [0.3, 0.4) is 0 Å². The van der Waals surface area contributed by atoms with Gasteiger partial charge in [-0.15, -0.1) is 0 Å². The summed E-state index contributed by atoms with van der Waals surface area (Å²) in [6.45, 7) is 4.55. The van der Waals surface area contributed by atoms with Crippen molar-refractivity contribution in [3.05, 3.63) is 12.2 Å². The maximum Gasteiger partial charge on any atom is 1.00 e. The molecule has 1 atom stereocenters. The second-order valence-corrected chi connectivity index (χ2v) is 15.8. The predicted octanol–water partition coefficient (Wildman–Crippen LogP) is 11.7. The van der Waals surface area contributed by atoms with Crippen molar-refractivity contribution in [2.45, 2.75) is 245 Å². The van der Waals surface area contributed by atoms with Crippen molar-refractivity contribution in [1.29, 1.82) is 0 Å². The van der Waals surface area contributed by atoms with Gasteiger partial charge in [0.1, 0.15) is 0 Å². The molecule has 0 saturated carbocycles. The molecule has 0 aromatic rings. The predicted molar refractivity (Wildman–Crippen MR) is 206 cm³/mol. The number of rotatable bonds is 40. The minimum absolute atomic E-state index is 0. The Morgan fingerprint density at radius 2 is 0.729 bits per heavy atom. The largest absolute Gasteiger partial charge is 1.00 e. The van der Waals surface area contributed by atoms with E-state index in [9.17, 15) is 13.0 Å². The first-order chi connectivity index (χ1) is 23.0. The van der Waals surface area contributed by atoms with E-state index in [4.69, 9.17) is 0 Å². The zero-order valence-electron chi connectivity index (χ0n) is 32.9. The van der Waals surface area contributed by atoms with Crippen LogP contribution in [0.25, 0.3) is 0 Å². The van der Waals surface area contributed by atoms with E-state index in [-0.39, 0.29) is 42.1 Å². The van der Waals surface area contributed by atoms with Crippen LogP contribution in [-0.4, -0.2) is 19.6 Å². The van der Waals surface area contributed by atoms with Crippen LogP contribution in [0.2, 0.25) is 0 Å². The van der Waals surface area contributed by atoms with Gasteiger partial charge in [0, 0.05) is 5.92 Å². The van der Waals surface area contributed by atoms with Crippen molar-refractivity contribution >= 4 is 10.4 Å². The van der Waals surface area contributed by atoms with E-state index >= 15 is 0 Å². The van der Waals surface area contributed by atoms with E-state index in [1.165, 1.54) is 212 Å². The van der Waals surface area contributed by atoms with Gasteiger partial charge in [0.2, 0.25) is 10.4 Å². The van der Waals surface area contributed by atoms with Gasteiger partial charge in [-0.25, -0.2) is 8.42 Å². The fraction of sp³-hybridized carbons (Fsp3) is 0.952. The molecule has 0 N–H and O–H groups in total. The van der Waals surface area contributed by atoms with Crippen LogP contribution in [-0.2, 0) is 14.6 Å². The van der Waals surface area contributed by atoms with Crippen LogP contribution in [0.4, 0.5) is 0 Å². The fourth-order valence-electron chi connectivity index (χ4n) is 6.81. The molecule has 4 nitrogen and oxygen atoms in total. The van der Waals surface area contributed by atoms with Crippen LogP contribution < -0.4 is 29.6 Å². The van der Waals surface area contributed by atoms with Gasteiger partial charge in [-0.05, 0) is 19.3 Å². The Balaban J connectivity index is 0. The molecular weight excluding hydrogens is 624 g/mol. The Hall–Kier alpha value is 0.610. The number of hydrogen-bond acceptors (Lipinski definition) is 4. The van der Waals surface area contributed by atoms with E-state index in [2.05, 4.69) is 30.2 Å². The van der Waals surface area contributed by atoms with Gasteiger partial charge in [0.05, 0.1) is 6.61 Å². The summed E-state index contributed by atoms with van der Waals surface area (Å²) < 4.78 is 37.7. The van der Waals surface area contributed by atoms with Crippen molar-refractivity contribution in [3.63, 3.8) is 0 Å². The van der Waals surface area contributed by atoms with Gasteiger partial charge in [0.25, 0.3) is 0 Å². The van der Waals surface area contributed by atoms with Crippen molar-refractivity contribution in [3.8, 4) is 0 Å². The zero-order chi connectivity index (χ0) is 34.4. The second kappa shape index (κ2) is 42.0. The fourth-order valence-corrected chi connectivity index (χ4v) is 7.15. The molecule has 0 saturated heterocycles. The summed E-state index contributed by atoms with van der Waals surface area (Å²) in [5, 5.41) is 0. The summed E-state index contributed by atoms with van der Waals surface area (Å²) in [6, 6.07) is 0. The maximum absolute atomic E-state index is 11.0. The van der Waals surface area contributed by atoms with Crippen LogP contribution >= 0.6 is 0 Å². The molecule has 282 valence electrons. The molecule has 0 spiro atoms. The molecule has 0 rings (SSSR count). The number of unbranched alkanes of at least 4 members (excludes halogenated alkanes) is 33. The number of hydrogen-bond donors (Lipinski definition) is 0. The average Bonchev–Trinajstić information content (AvgIpc) is 3.05. The van der Waals surface area contributed by atoms with Crippen LogP contribution in [0, 0.1) is 5.92 Å². The molecule has 0 amide bonds. The Morgan fingerprint density at radius 1 is 0.458 bits per heavy atom. The molecule has 0 aromatic carbocycles. The summed E-state index contributed by atoms with van der Waals surface area (Å²) in [6.07, 6.45) is 52.6. The third kappa shape index (κ3) is 44.6. The molecule has 0 aliphatic rings. The minimum Gasteiger partial charge on any atom is -0.726 e. The first kappa shape index (κ1) is 50.7. The van der Waals surface area contributed by atoms with E-state index in [0.717, 1.165) is 19.3 Å². The molecule has 6 heteroatoms. The Bertz CT molecular complexity index is 727. The third-order valence-electron chi connectivity index (χ3n) is 9.99. The molecule has 0 heterocycles. The summed E-state index contributed by atoms with van der Waals surface area (Å²) in [5.41, 5.74) is 0. The quantitative estimate of drug-likeness (QED) is 0.0209. The van der Waals surface area contributed by atoms with Gasteiger partial charge < -0.3 is 4.55 Å². The maximum atomic E-state index is 11.0. The summed E-state index contributed by atoms with van der Waals surface area (Å²) >= 11 is 0. The van der Waals surface area contributed by atoms with E-state index < -0.39 is 10.4 Å². The van der Waals surface area contributed by atoms with Gasteiger partial charge in [-0.1, -0.05) is 238 Å². The van der Waals surface area contributed by atoms with Crippen molar-refractivity contribution in [2.75, 3.05) is 6.61 Å². The minimum atomic E-state index is -4.63. The smallest absolute Gasteiger partial charge is 0.726 e. The first-order valence-corrected chi connectivity index (χ1v) is 22.6.